The largest absolute Gasteiger partial charge is 0.348 e. The molecule has 0 bridgehead atoms. The zero-order valence-electron chi connectivity index (χ0n) is 14.1. The van der Waals surface area contributed by atoms with Crippen LogP contribution in [0.4, 0.5) is 0 Å². The standard InChI is InChI=1S/C20H25N3O/c24-20(17-6-7-18-19(13-17)22-14-21-18)23-10-8-16(9-11-23)12-15-4-2-1-3-5-15/h1-5,14,16-17H,6-13H2,(H,21,22). The van der Waals surface area contributed by atoms with Gasteiger partial charge in [-0.3, -0.25) is 4.79 Å². The molecule has 0 radical (unpaired) electrons. The smallest absolute Gasteiger partial charge is 0.226 e. The molecule has 1 aliphatic heterocycles. The average molecular weight is 323 g/mol. The molecule has 1 aromatic carbocycles. The highest BCUT2D eigenvalue weighted by Crippen LogP contribution is 2.27. The molecule has 1 saturated heterocycles. The molecule has 1 aromatic heterocycles. The third kappa shape index (κ3) is 3.23. The first kappa shape index (κ1) is 15.4. The van der Waals surface area contributed by atoms with Crippen molar-refractivity contribution in [2.45, 2.75) is 38.5 Å². The molecule has 1 atom stereocenters. The predicted molar refractivity (Wildman–Crippen MR) is 93.6 cm³/mol. The molecule has 1 unspecified atom stereocenters. The number of imidazole rings is 1. The molecule has 2 aliphatic rings. The molecule has 1 N–H and O–H groups in total. The molecule has 4 nitrogen and oxygen atoms in total. The van der Waals surface area contributed by atoms with Gasteiger partial charge in [0.25, 0.3) is 0 Å². The first-order valence-corrected chi connectivity index (χ1v) is 9.13. The van der Waals surface area contributed by atoms with Crippen molar-refractivity contribution < 1.29 is 4.79 Å². The number of fused-ring (bicyclic) bond motifs is 1. The molecule has 0 spiro atoms. The van der Waals surface area contributed by atoms with Crippen LogP contribution >= 0.6 is 0 Å². The number of rotatable bonds is 3. The summed E-state index contributed by atoms with van der Waals surface area (Å²) in [5.41, 5.74) is 3.74. The van der Waals surface area contributed by atoms with Gasteiger partial charge in [0.15, 0.2) is 0 Å². The summed E-state index contributed by atoms with van der Waals surface area (Å²) in [5, 5.41) is 0. The summed E-state index contributed by atoms with van der Waals surface area (Å²) in [6, 6.07) is 10.7. The van der Waals surface area contributed by atoms with Crippen molar-refractivity contribution in [3.63, 3.8) is 0 Å². The molecule has 2 aromatic rings. The molecule has 1 amide bonds. The van der Waals surface area contributed by atoms with E-state index < -0.39 is 0 Å². The summed E-state index contributed by atoms with van der Waals surface area (Å²) < 4.78 is 0. The Balaban J connectivity index is 1.30. The lowest BCUT2D eigenvalue weighted by atomic mass is 9.86. The van der Waals surface area contributed by atoms with Gasteiger partial charge in [-0.2, -0.15) is 0 Å². The van der Waals surface area contributed by atoms with Crippen LogP contribution in [0.5, 0.6) is 0 Å². The highest BCUT2D eigenvalue weighted by molar-refractivity contribution is 5.79. The number of H-pyrrole nitrogens is 1. The number of aromatic nitrogens is 2. The molecule has 24 heavy (non-hydrogen) atoms. The number of benzene rings is 1. The first-order valence-electron chi connectivity index (χ1n) is 9.13. The van der Waals surface area contributed by atoms with Gasteiger partial charge < -0.3 is 9.88 Å². The van der Waals surface area contributed by atoms with Gasteiger partial charge in [-0.25, -0.2) is 4.98 Å². The fourth-order valence-electron chi connectivity index (χ4n) is 4.17. The van der Waals surface area contributed by atoms with Crippen LogP contribution in [0.2, 0.25) is 0 Å². The highest BCUT2D eigenvalue weighted by atomic mass is 16.2. The van der Waals surface area contributed by atoms with E-state index in [0.717, 1.165) is 57.3 Å². The summed E-state index contributed by atoms with van der Waals surface area (Å²) in [6.45, 7) is 1.84. The lowest BCUT2D eigenvalue weighted by Gasteiger charge is -2.35. The van der Waals surface area contributed by atoms with E-state index in [2.05, 4.69) is 45.2 Å². The zero-order valence-corrected chi connectivity index (χ0v) is 14.1. The number of piperidine rings is 1. The Morgan fingerprint density at radius 1 is 1.17 bits per heavy atom. The molecule has 1 aliphatic carbocycles. The van der Waals surface area contributed by atoms with E-state index in [9.17, 15) is 4.79 Å². The Hall–Kier alpha value is -2.10. The Labute approximate surface area is 143 Å². The third-order valence-corrected chi connectivity index (χ3v) is 5.63. The van der Waals surface area contributed by atoms with Crippen LogP contribution in [0, 0.1) is 11.8 Å². The minimum Gasteiger partial charge on any atom is -0.348 e. The van der Waals surface area contributed by atoms with Crippen LogP contribution < -0.4 is 0 Å². The zero-order chi connectivity index (χ0) is 16.4. The number of carbonyl (C=O) groups is 1. The van der Waals surface area contributed by atoms with Crippen LogP contribution in [-0.2, 0) is 24.1 Å². The number of amides is 1. The second-order valence-corrected chi connectivity index (χ2v) is 7.23. The number of hydrogen-bond acceptors (Lipinski definition) is 2. The van der Waals surface area contributed by atoms with Gasteiger partial charge in [-0.1, -0.05) is 30.3 Å². The molecule has 2 heterocycles. The summed E-state index contributed by atoms with van der Waals surface area (Å²) in [5.74, 6) is 1.21. The first-order chi connectivity index (χ1) is 11.8. The van der Waals surface area contributed by atoms with Crippen molar-refractivity contribution in [1.29, 1.82) is 0 Å². The van der Waals surface area contributed by atoms with E-state index in [-0.39, 0.29) is 5.92 Å². The summed E-state index contributed by atoms with van der Waals surface area (Å²) >= 11 is 0. The fourth-order valence-corrected chi connectivity index (χ4v) is 4.17. The van der Waals surface area contributed by atoms with Gasteiger partial charge in [0, 0.05) is 31.1 Å². The van der Waals surface area contributed by atoms with Crippen LogP contribution in [-0.4, -0.2) is 33.9 Å². The maximum absolute atomic E-state index is 12.8. The van der Waals surface area contributed by atoms with E-state index in [0.29, 0.717) is 11.8 Å². The number of nitrogens with zero attached hydrogens (tertiary/aromatic N) is 2. The minimum absolute atomic E-state index is 0.142. The molecule has 1 fully saturated rings. The molecule has 4 heteroatoms. The predicted octanol–water partition coefficient (Wildman–Crippen LogP) is 3.00. The molecule has 0 saturated carbocycles. The molecule has 126 valence electrons. The second kappa shape index (κ2) is 6.80. The van der Waals surface area contributed by atoms with Crippen LogP contribution in [0.1, 0.15) is 36.2 Å². The number of carbonyl (C=O) groups excluding carboxylic acids is 1. The SMILES string of the molecule is O=C(C1CCc2nc[nH]c2C1)N1CCC(Cc2ccccc2)CC1. The third-order valence-electron chi connectivity index (χ3n) is 5.63. The Bertz CT molecular complexity index is 686. The van der Waals surface area contributed by atoms with Crippen molar-refractivity contribution in [2.24, 2.45) is 11.8 Å². The van der Waals surface area contributed by atoms with E-state index in [4.69, 9.17) is 0 Å². The van der Waals surface area contributed by atoms with E-state index in [1.165, 1.54) is 11.3 Å². The Morgan fingerprint density at radius 2 is 1.96 bits per heavy atom. The monoisotopic (exact) mass is 323 g/mol. The average Bonchev–Trinajstić information content (AvgIpc) is 3.10. The number of likely N-dealkylation sites (tertiary alicyclic amines) is 1. The molecular formula is C20H25N3O. The van der Waals surface area contributed by atoms with E-state index in [1.54, 1.807) is 6.33 Å². The molecular weight excluding hydrogens is 298 g/mol. The van der Waals surface area contributed by atoms with Gasteiger partial charge in [-0.15, -0.1) is 0 Å². The topological polar surface area (TPSA) is 49.0 Å². The normalized spacial score (nSPS) is 21.5. The van der Waals surface area contributed by atoms with Crippen LogP contribution in [0.25, 0.3) is 0 Å². The maximum Gasteiger partial charge on any atom is 0.226 e. The van der Waals surface area contributed by atoms with Crippen molar-refractivity contribution >= 4 is 5.91 Å². The quantitative estimate of drug-likeness (QED) is 0.944. The van der Waals surface area contributed by atoms with Gasteiger partial charge in [0.1, 0.15) is 0 Å². The second-order valence-electron chi connectivity index (χ2n) is 7.23. The van der Waals surface area contributed by atoms with Gasteiger partial charge in [0.2, 0.25) is 5.91 Å². The van der Waals surface area contributed by atoms with Gasteiger partial charge >= 0.3 is 0 Å². The summed E-state index contributed by atoms with van der Waals surface area (Å²) in [6.07, 6.45) is 7.86. The Kier molecular flexibility index (Phi) is 4.37. The fraction of sp³-hybridized carbons (Fsp3) is 0.500. The number of hydrogen-bond donors (Lipinski definition) is 1. The van der Waals surface area contributed by atoms with Crippen LogP contribution in [0.15, 0.2) is 36.7 Å². The minimum atomic E-state index is 0.142. The van der Waals surface area contributed by atoms with Crippen molar-refractivity contribution in [3.05, 3.63) is 53.6 Å². The van der Waals surface area contributed by atoms with E-state index in [1.807, 2.05) is 0 Å². The maximum atomic E-state index is 12.8. The van der Waals surface area contributed by atoms with Crippen LogP contribution in [0.3, 0.4) is 0 Å². The molecule has 4 rings (SSSR count). The van der Waals surface area contributed by atoms with Gasteiger partial charge in [-0.05, 0) is 43.6 Å². The van der Waals surface area contributed by atoms with Gasteiger partial charge in [0.05, 0.1) is 12.0 Å². The van der Waals surface area contributed by atoms with Crippen molar-refractivity contribution in [3.8, 4) is 0 Å². The summed E-state index contributed by atoms with van der Waals surface area (Å²) in [4.78, 5) is 22.5. The lowest BCUT2D eigenvalue weighted by molar-refractivity contribution is -0.137. The van der Waals surface area contributed by atoms with Crippen molar-refractivity contribution in [2.75, 3.05) is 13.1 Å². The number of nitrogens with one attached hydrogen (secondary N) is 1. The number of aryl methyl sites for hydroxylation is 1. The highest BCUT2D eigenvalue weighted by Gasteiger charge is 2.31. The number of aromatic amines is 1. The van der Waals surface area contributed by atoms with E-state index >= 15 is 0 Å². The van der Waals surface area contributed by atoms with Crippen molar-refractivity contribution in [1.82, 2.24) is 14.9 Å². The Morgan fingerprint density at radius 3 is 2.75 bits per heavy atom. The summed E-state index contributed by atoms with van der Waals surface area (Å²) in [7, 11) is 0. The lowest BCUT2D eigenvalue weighted by Crippen LogP contribution is -2.43.